The molecule has 0 unspecified atom stereocenters. The van der Waals surface area contributed by atoms with Gasteiger partial charge in [-0.1, -0.05) is 32.3 Å². The van der Waals surface area contributed by atoms with Gasteiger partial charge in [-0.2, -0.15) is 0 Å². The molecule has 13 heavy (non-hydrogen) atoms. The molecule has 0 fully saturated rings. The molecule has 2 heteroatoms. The minimum absolute atomic E-state index is 0.181. The molecule has 0 aromatic carbocycles. The van der Waals surface area contributed by atoms with Gasteiger partial charge in [-0.25, -0.2) is 0 Å². The Kier molecular flexibility index (Phi) is 7.36. The van der Waals surface area contributed by atoms with Crippen LogP contribution < -0.4 is 0 Å². The van der Waals surface area contributed by atoms with E-state index in [0.29, 0.717) is 0 Å². The molecule has 0 radical (unpaired) electrons. The molecule has 0 rings (SSSR count). The van der Waals surface area contributed by atoms with Crippen LogP contribution >= 0.6 is 0 Å². The summed E-state index contributed by atoms with van der Waals surface area (Å²) in [6.07, 6.45) is 8.37. The van der Waals surface area contributed by atoms with Crippen LogP contribution in [0.3, 0.4) is 0 Å². The van der Waals surface area contributed by atoms with E-state index in [-0.39, 0.29) is 5.92 Å². The van der Waals surface area contributed by atoms with Crippen LogP contribution in [-0.2, 0) is 4.79 Å². The van der Waals surface area contributed by atoms with E-state index in [1.165, 1.54) is 12.8 Å². The van der Waals surface area contributed by atoms with Gasteiger partial charge >= 0.3 is 5.97 Å². The second-order valence-corrected chi connectivity index (χ2v) is 3.52. The van der Waals surface area contributed by atoms with E-state index >= 15 is 0 Å². The summed E-state index contributed by atoms with van der Waals surface area (Å²) in [7, 11) is 0. The molecule has 0 saturated carbocycles. The SMILES string of the molecule is C=CCCCCCC[C@@H](C)C(=O)O. The van der Waals surface area contributed by atoms with Crippen molar-refractivity contribution in [2.45, 2.75) is 45.4 Å². The third kappa shape index (κ3) is 7.57. The lowest BCUT2D eigenvalue weighted by molar-refractivity contribution is -0.141. The lowest BCUT2D eigenvalue weighted by Crippen LogP contribution is -2.08. The van der Waals surface area contributed by atoms with Crippen molar-refractivity contribution in [3.63, 3.8) is 0 Å². The lowest BCUT2D eigenvalue weighted by Gasteiger charge is -2.04. The minimum Gasteiger partial charge on any atom is -0.481 e. The zero-order valence-corrected chi connectivity index (χ0v) is 8.46. The first-order valence-corrected chi connectivity index (χ1v) is 5.02. The molecular formula is C11H20O2. The van der Waals surface area contributed by atoms with Crippen molar-refractivity contribution in [1.82, 2.24) is 0 Å². The van der Waals surface area contributed by atoms with Gasteiger partial charge < -0.3 is 5.11 Å². The highest BCUT2D eigenvalue weighted by molar-refractivity contribution is 5.69. The topological polar surface area (TPSA) is 37.3 Å². The third-order valence-corrected chi connectivity index (χ3v) is 2.22. The van der Waals surface area contributed by atoms with Crippen LogP contribution in [0.5, 0.6) is 0 Å². The first-order valence-electron chi connectivity index (χ1n) is 5.02. The molecular weight excluding hydrogens is 164 g/mol. The smallest absolute Gasteiger partial charge is 0.306 e. The molecule has 76 valence electrons. The van der Waals surface area contributed by atoms with Gasteiger partial charge in [-0.15, -0.1) is 6.58 Å². The summed E-state index contributed by atoms with van der Waals surface area (Å²) in [5, 5.41) is 8.61. The zero-order valence-electron chi connectivity index (χ0n) is 8.46. The third-order valence-electron chi connectivity index (χ3n) is 2.22. The predicted molar refractivity (Wildman–Crippen MR) is 54.7 cm³/mol. The van der Waals surface area contributed by atoms with Gasteiger partial charge in [0.15, 0.2) is 0 Å². The molecule has 2 nitrogen and oxygen atoms in total. The Morgan fingerprint density at radius 2 is 2.00 bits per heavy atom. The number of aliphatic carboxylic acids is 1. The number of carbonyl (C=O) groups is 1. The van der Waals surface area contributed by atoms with E-state index in [9.17, 15) is 4.79 Å². The summed E-state index contributed by atoms with van der Waals surface area (Å²) in [6.45, 7) is 5.42. The van der Waals surface area contributed by atoms with Gasteiger partial charge in [0.2, 0.25) is 0 Å². The quantitative estimate of drug-likeness (QED) is 0.464. The molecule has 0 aromatic heterocycles. The van der Waals surface area contributed by atoms with Gasteiger partial charge in [0.25, 0.3) is 0 Å². The number of allylic oxidation sites excluding steroid dienone is 1. The molecule has 0 amide bonds. The highest BCUT2D eigenvalue weighted by Gasteiger charge is 2.08. The van der Waals surface area contributed by atoms with Crippen LogP contribution in [0.25, 0.3) is 0 Å². The van der Waals surface area contributed by atoms with Crippen molar-refractivity contribution in [2.24, 2.45) is 5.92 Å². The van der Waals surface area contributed by atoms with Gasteiger partial charge in [0.1, 0.15) is 0 Å². The van der Waals surface area contributed by atoms with Crippen molar-refractivity contribution in [1.29, 1.82) is 0 Å². The van der Waals surface area contributed by atoms with E-state index in [0.717, 1.165) is 25.7 Å². The van der Waals surface area contributed by atoms with E-state index < -0.39 is 5.97 Å². The van der Waals surface area contributed by atoms with Crippen molar-refractivity contribution in [3.8, 4) is 0 Å². The molecule has 0 heterocycles. The number of carboxylic acids is 1. The van der Waals surface area contributed by atoms with Crippen LogP contribution in [0.15, 0.2) is 12.7 Å². The summed E-state index contributed by atoms with van der Waals surface area (Å²) < 4.78 is 0. The van der Waals surface area contributed by atoms with Crippen LogP contribution in [0.1, 0.15) is 45.4 Å². The fourth-order valence-electron chi connectivity index (χ4n) is 1.22. The molecule has 0 saturated heterocycles. The Labute approximate surface area is 80.7 Å². The van der Waals surface area contributed by atoms with Crippen molar-refractivity contribution < 1.29 is 9.90 Å². The summed E-state index contributed by atoms with van der Waals surface area (Å²) in [5.41, 5.74) is 0. The lowest BCUT2D eigenvalue weighted by atomic mass is 10.0. The second kappa shape index (κ2) is 7.84. The number of hydrogen-bond donors (Lipinski definition) is 1. The van der Waals surface area contributed by atoms with Gasteiger partial charge in [0, 0.05) is 0 Å². The molecule has 0 bridgehead atoms. The summed E-state index contributed by atoms with van der Waals surface area (Å²) in [4.78, 5) is 10.5. The molecule has 0 aliphatic rings. The molecule has 1 atom stereocenters. The first-order chi connectivity index (χ1) is 6.18. The Hall–Kier alpha value is -0.790. The maximum absolute atomic E-state index is 10.5. The molecule has 0 spiro atoms. The van der Waals surface area contributed by atoms with Crippen LogP contribution in [-0.4, -0.2) is 11.1 Å². The first kappa shape index (κ1) is 12.2. The van der Waals surface area contributed by atoms with Crippen LogP contribution in [0, 0.1) is 5.92 Å². The fraction of sp³-hybridized carbons (Fsp3) is 0.727. The molecule has 0 aromatic rings. The van der Waals surface area contributed by atoms with Crippen molar-refractivity contribution in [3.05, 3.63) is 12.7 Å². The number of unbranched alkanes of at least 4 members (excludes halogenated alkanes) is 4. The highest BCUT2D eigenvalue weighted by atomic mass is 16.4. The predicted octanol–water partition coefficient (Wildman–Crippen LogP) is 3.23. The molecule has 1 N–H and O–H groups in total. The van der Waals surface area contributed by atoms with Crippen molar-refractivity contribution >= 4 is 5.97 Å². The van der Waals surface area contributed by atoms with Crippen LogP contribution in [0.2, 0.25) is 0 Å². The summed E-state index contributed by atoms with van der Waals surface area (Å²) in [6, 6.07) is 0. The zero-order chi connectivity index (χ0) is 10.1. The Bertz CT molecular complexity index is 152. The van der Waals surface area contributed by atoms with Gasteiger partial charge in [-0.05, 0) is 19.3 Å². The van der Waals surface area contributed by atoms with Gasteiger partial charge in [-0.3, -0.25) is 4.79 Å². The monoisotopic (exact) mass is 184 g/mol. The largest absolute Gasteiger partial charge is 0.481 e. The standard InChI is InChI=1S/C11H20O2/c1-3-4-5-6-7-8-9-10(2)11(12)13/h3,10H,1,4-9H2,2H3,(H,12,13)/t10-/m1/s1. The summed E-state index contributed by atoms with van der Waals surface area (Å²) >= 11 is 0. The Morgan fingerprint density at radius 3 is 2.54 bits per heavy atom. The number of carboxylic acid groups (broad SMARTS) is 1. The van der Waals surface area contributed by atoms with Crippen molar-refractivity contribution in [2.75, 3.05) is 0 Å². The Morgan fingerprint density at radius 1 is 1.38 bits per heavy atom. The molecule has 0 aliphatic carbocycles. The van der Waals surface area contributed by atoms with Gasteiger partial charge in [0.05, 0.1) is 5.92 Å². The number of rotatable bonds is 8. The fourth-order valence-corrected chi connectivity index (χ4v) is 1.22. The normalized spacial score (nSPS) is 12.4. The maximum Gasteiger partial charge on any atom is 0.306 e. The van der Waals surface area contributed by atoms with E-state index in [1.54, 1.807) is 6.92 Å². The number of hydrogen-bond acceptors (Lipinski definition) is 1. The summed E-state index contributed by atoms with van der Waals surface area (Å²) in [5.74, 6) is -0.856. The second-order valence-electron chi connectivity index (χ2n) is 3.52. The van der Waals surface area contributed by atoms with E-state index in [2.05, 4.69) is 6.58 Å². The molecule has 0 aliphatic heterocycles. The maximum atomic E-state index is 10.5. The van der Waals surface area contributed by atoms with E-state index in [4.69, 9.17) is 5.11 Å². The Balaban J connectivity index is 3.15. The highest BCUT2D eigenvalue weighted by Crippen LogP contribution is 2.11. The van der Waals surface area contributed by atoms with E-state index in [1.807, 2.05) is 6.08 Å². The van der Waals surface area contributed by atoms with Crippen LogP contribution in [0.4, 0.5) is 0 Å². The average molecular weight is 184 g/mol. The minimum atomic E-state index is -0.675. The average Bonchev–Trinajstić information content (AvgIpc) is 2.10.